The fraction of sp³-hybridized carbons (Fsp3) is 0.100. The first-order chi connectivity index (χ1) is 6.61. The standard InChI is InChI=1S/C10H10ClNOS/c1-7(11)6-12-10(13)8-4-2-3-5-9(8)14/h2-5,14H,1,6H2,(H,12,13). The van der Waals surface area contributed by atoms with Crippen LogP contribution in [0.3, 0.4) is 0 Å². The van der Waals surface area contributed by atoms with Crippen LogP contribution in [0.2, 0.25) is 0 Å². The van der Waals surface area contributed by atoms with E-state index in [2.05, 4.69) is 24.5 Å². The van der Waals surface area contributed by atoms with E-state index in [9.17, 15) is 4.79 Å². The number of nitrogens with one attached hydrogen (secondary N) is 1. The van der Waals surface area contributed by atoms with Crippen LogP contribution in [0.5, 0.6) is 0 Å². The van der Waals surface area contributed by atoms with Crippen LogP contribution in [0.25, 0.3) is 0 Å². The number of rotatable bonds is 3. The minimum atomic E-state index is -0.197. The quantitative estimate of drug-likeness (QED) is 0.764. The second-order valence-electron chi connectivity index (χ2n) is 2.72. The van der Waals surface area contributed by atoms with Gasteiger partial charge in [0.05, 0.1) is 12.1 Å². The Labute approximate surface area is 93.4 Å². The average molecular weight is 228 g/mol. The van der Waals surface area contributed by atoms with Gasteiger partial charge in [-0.15, -0.1) is 12.6 Å². The molecule has 0 bridgehead atoms. The van der Waals surface area contributed by atoms with Crippen molar-refractivity contribution in [2.75, 3.05) is 6.54 Å². The van der Waals surface area contributed by atoms with Crippen LogP contribution in [0.4, 0.5) is 0 Å². The summed E-state index contributed by atoms with van der Waals surface area (Å²) in [5.41, 5.74) is 0.536. The first-order valence-electron chi connectivity index (χ1n) is 4.00. The Morgan fingerprint density at radius 2 is 2.14 bits per heavy atom. The Bertz CT molecular complexity index is 365. The number of carbonyl (C=O) groups is 1. The Balaban J connectivity index is 2.70. The Hall–Kier alpha value is -0.930. The maximum Gasteiger partial charge on any atom is 0.252 e. The Kier molecular flexibility index (Phi) is 4.04. The summed E-state index contributed by atoms with van der Waals surface area (Å²) in [4.78, 5) is 12.2. The largest absolute Gasteiger partial charge is 0.347 e. The fourth-order valence-electron chi connectivity index (χ4n) is 0.937. The first-order valence-corrected chi connectivity index (χ1v) is 4.83. The molecule has 0 aliphatic carbocycles. The number of hydrogen-bond acceptors (Lipinski definition) is 2. The van der Waals surface area contributed by atoms with E-state index < -0.39 is 0 Å². The van der Waals surface area contributed by atoms with Crippen LogP contribution in [-0.4, -0.2) is 12.5 Å². The van der Waals surface area contributed by atoms with E-state index in [-0.39, 0.29) is 12.5 Å². The molecule has 0 heterocycles. The smallest absolute Gasteiger partial charge is 0.252 e. The molecular formula is C10H10ClNOS. The highest BCUT2D eigenvalue weighted by molar-refractivity contribution is 7.80. The van der Waals surface area contributed by atoms with Crippen LogP contribution < -0.4 is 5.32 Å². The predicted molar refractivity (Wildman–Crippen MR) is 61.0 cm³/mol. The molecule has 0 saturated heterocycles. The van der Waals surface area contributed by atoms with Crippen LogP contribution in [0.15, 0.2) is 40.8 Å². The lowest BCUT2D eigenvalue weighted by molar-refractivity contribution is 0.0955. The fourth-order valence-corrected chi connectivity index (χ4v) is 1.27. The highest BCUT2D eigenvalue weighted by Crippen LogP contribution is 2.12. The topological polar surface area (TPSA) is 29.1 Å². The van der Waals surface area contributed by atoms with E-state index in [0.717, 1.165) is 0 Å². The summed E-state index contributed by atoms with van der Waals surface area (Å²) >= 11 is 9.69. The van der Waals surface area contributed by atoms with Crippen LogP contribution in [0.1, 0.15) is 10.4 Å². The van der Waals surface area contributed by atoms with Crippen molar-refractivity contribution in [3.05, 3.63) is 41.4 Å². The molecule has 0 aliphatic rings. The van der Waals surface area contributed by atoms with Gasteiger partial charge in [0.15, 0.2) is 0 Å². The second kappa shape index (κ2) is 5.08. The third-order valence-electron chi connectivity index (χ3n) is 1.59. The molecule has 14 heavy (non-hydrogen) atoms. The number of halogens is 1. The van der Waals surface area contributed by atoms with Gasteiger partial charge in [0.1, 0.15) is 0 Å². The number of hydrogen-bond donors (Lipinski definition) is 2. The van der Waals surface area contributed by atoms with E-state index in [1.165, 1.54) is 0 Å². The van der Waals surface area contributed by atoms with Gasteiger partial charge in [-0.25, -0.2) is 0 Å². The summed E-state index contributed by atoms with van der Waals surface area (Å²) in [6, 6.07) is 7.06. The molecule has 0 saturated carbocycles. The third kappa shape index (κ3) is 3.09. The third-order valence-corrected chi connectivity index (χ3v) is 2.11. The van der Waals surface area contributed by atoms with Crippen LogP contribution in [-0.2, 0) is 0 Å². The molecule has 2 nitrogen and oxygen atoms in total. The molecule has 0 radical (unpaired) electrons. The molecule has 0 atom stereocenters. The maximum atomic E-state index is 11.5. The molecule has 1 aromatic rings. The minimum Gasteiger partial charge on any atom is -0.347 e. The number of carbonyl (C=O) groups excluding carboxylic acids is 1. The van der Waals surface area contributed by atoms with Crippen molar-refractivity contribution >= 4 is 30.1 Å². The molecule has 0 aromatic heterocycles. The van der Waals surface area contributed by atoms with Crippen LogP contribution in [0, 0.1) is 0 Å². The lowest BCUT2D eigenvalue weighted by Crippen LogP contribution is -2.24. The SMILES string of the molecule is C=C(Cl)CNC(=O)c1ccccc1S. The molecule has 0 spiro atoms. The molecule has 0 aliphatic heterocycles. The van der Waals surface area contributed by atoms with E-state index in [1.54, 1.807) is 18.2 Å². The molecule has 1 rings (SSSR count). The number of amides is 1. The Morgan fingerprint density at radius 3 is 2.71 bits per heavy atom. The molecule has 0 unspecified atom stereocenters. The van der Waals surface area contributed by atoms with Gasteiger partial charge in [-0.05, 0) is 12.1 Å². The first kappa shape index (κ1) is 11.1. The van der Waals surface area contributed by atoms with Gasteiger partial charge in [0.2, 0.25) is 0 Å². The zero-order chi connectivity index (χ0) is 10.6. The lowest BCUT2D eigenvalue weighted by Gasteiger charge is -2.05. The predicted octanol–water partition coefficient (Wildman–Crippen LogP) is 2.46. The zero-order valence-corrected chi connectivity index (χ0v) is 9.11. The van der Waals surface area contributed by atoms with Crippen molar-refractivity contribution in [1.29, 1.82) is 0 Å². The van der Waals surface area contributed by atoms with Crippen molar-refractivity contribution in [3.63, 3.8) is 0 Å². The van der Waals surface area contributed by atoms with E-state index in [0.29, 0.717) is 15.5 Å². The molecule has 1 aromatic carbocycles. The highest BCUT2D eigenvalue weighted by atomic mass is 35.5. The van der Waals surface area contributed by atoms with Gasteiger partial charge in [-0.1, -0.05) is 30.3 Å². The van der Waals surface area contributed by atoms with Gasteiger partial charge in [0, 0.05) is 9.93 Å². The summed E-state index contributed by atoms with van der Waals surface area (Å²) in [6.45, 7) is 3.74. The summed E-state index contributed by atoms with van der Waals surface area (Å²) in [5.74, 6) is -0.197. The summed E-state index contributed by atoms with van der Waals surface area (Å²) in [7, 11) is 0. The van der Waals surface area contributed by atoms with Crippen molar-refractivity contribution in [1.82, 2.24) is 5.32 Å². The molecule has 1 amide bonds. The van der Waals surface area contributed by atoms with E-state index in [4.69, 9.17) is 11.6 Å². The summed E-state index contributed by atoms with van der Waals surface area (Å²) in [5, 5.41) is 3.02. The van der Waals surface area contributed by atoms with Crippen molar-refractivity contribution < 1.29 is 4.79 Å². The molecule has 4 heteroatoms. The zero-order valence-electron chi connectivity index (χ0n) is 7.46. The van der Waals surface area contributed by atoms with Crippen molar-refractivity contribution in [3.8, 4) is 0 Å². The van der Waals surface area contributed by atoms with Crippen molar-refractivity contribution in [2.24, 2.45) is 0 Å². The van der Waals surface area contributed by atoms with E-state index in [1.807, 2.05) is 6.07 Å². The summed E-state index contributed by atoms with van der Waals surface area (Å²) in [6.07, 6.45) is 0. The maximum absolute atomic E-state index is 11.5. The molecule has 74 valence electrons. The average Bonchev–Trinajstić information content (AvgIpc) is 2.15. The van der Waals surface area contributed by atoms with Crippen molar-refractivity contribution in [2.45, 2.75) is 4.90 Å². The Morgan fingerprint density at radius 1 is 1.50 bits per heavy atom. The van der Waals surface area contributed by atoms with Crippen LogP contribution >= 0.6 is 24.2 Å². The second-order valence-corrected chi connectivity index (χ2v) is 3.73. The molecule has 1 N–H and O–H groups in total. The minimum absolute atomic E-state index is 0.197. The summed E-state index contributed by atoms with van der Waals surface area (Å²) < 4.78 is 0. The van der Waals surface area contributed by atoms with Gasteiger partial charge in [-0.3, -0.25) is 4.79 Å². The highest BCUT2D eigenvalue weighted by Gasteiger charge is 2.07. The normalized spacial score (nSPS) is 9.57. The monoisotopic (exact) mass is 227 g/mol. The van der Waals surface area contributed by atoms with Gasteiger partial charge >= 0.3 is 0 Å². The molecule has 0 fully saturated rings. The lowest BCUT2D eigenvalue weighted by atomic mass is 10.2. The van der Waals surface area contributed by atoms with Gasteiger partial charge < -0.3 is 5.32 Å². The molecular weight excluding hydrogens is 218 g/mol. The van der Waals surface area contributed by atoms with Gasteiger partial charge in [0.25, 0.3) is 5.91 Å². The number of benzene rings is 1. The van der Waals surface area contributed by atoms with E-state index >= 15 is 0 Å². The number of thiol groups is 1. The van der Waals surface area contributed by atoms with Gasteiger partial charge in [-0.2, -0.15) is 0 Å².